The molecule has 0 aromatic heterocycles. The number of anilines is 1. The van der Waals surface area contributed by atoms with Crippen molar-refractivity contribution < 1.29 is 13.2 Å². The van der Waals surface area contributed by atoms with Gasteiger partial charge in [0.25, 0.3) is 5.91 Å². The molecule has 1 aliphatic heterocycles. The van der Waals surface area contributed by atoms with E-state index in [-0.39, 0.29) is 23.1 Å². The third kappa shape index (κ3) is 4.57. The molecular formula is C16H19N3O3S. The SMILES string of the molecule is Cc1ccc(NC(=O)/C(C#N)=C\NC2CCS(=O)(=O)C2)c(C)c1. The Balaban J connectivity index is 2.04. The van der Waals surface area contributed by atoms with Crippen LogP contribution in [0.15, 0.2) is 30.0 Å². The molecule has 1 aromatic rings. The number of carbonyl (C=O) groups excluding carboxylic acids is 1. The standard InChI is InChI=1S/C16H19N3O3S/c1-11-3-4-15(12(2)7-11)19-16(20)13(8-17)9-18-14-5-6-23(21,22)10-14/h3-4,7,9,14,18H,5-6,10H2,1-2H3,(H,19,20)/b13-9-. The molecule has 0 aliphatic carbocycles. The molecule has 0 radical (unpaired) electrons. The molecule has 23 heavy (non-hydrogen) atoms. The molecule has 0 spiro atoms. The lowest BCUT2D eigenvalue weighted by Crippen LogP contribution is -2.27. The maximum absolute atomic E-state index is 12.2. The summed E-state index contributed by atoms with van der Waals surface area (Å²) in [6.07, 6.45) is 1.78. The summed E-state index contributed by atoms with van der Waals surface area (Å²) in [5, 5.41) is 14.7. The quantitative estimate of drug-likeness (QED) is 0.641. The van der Waals surface area contributed by atoms with E-state index in [2.05, 4.69) is 10.6 Å². The molecule has 1 saturated heterocycles. The van der Waals surface area contributed by atoms with Crippen LogP contribution in [0.3, 0.4) is 0 Å². The predicted molar refractivity (Wildman–Crippen MR) is 88.4 cm³/mol. The van der Waals surface area contributed by atoms with Gasteiger partial charge in [0.2, 0.25) is 0 Å². The Labute approximate surface area is 136 Å². The first kappa shape index (κ1) is 17.0. The summed E-state index contributed by atoms with van der Waals surface area (Å²) >= 11 is 0. The predicted octanol–water partition coefficient (Wildman–Crippen LogP) is 1.43. The van der Waals surface area contributed by atoms with E-state index < -0.39 is 15.7 Å². The largest absolute Gasteiger partial charge is 0.386 e. The Morgan fingerprint density at radius 3 is 2.70 bits per heavy atom. The second-order valence-electron chi connectivity index (χ2n) is 5.71. The fourth-order valence-electron chi connectivity index (χ4n) is 2.42. The van der Waals surface area contributed by atoms with Gasteiger partial charge in [0.05, 0.1) is 11.5 Å². The number of rotatable bonds is 4. The van der Waals surface area contributed by atoms with E-state index >= 15 is 0 Å². The highest BCUT2D eigenvalue weighted by Gasteiger charge is 2.27. The van der Waals surface area contributed by atoms with Crippen molar-refractivity contribution in [2.24, 2.45) is 0 Å². The van der Waals surface area contributed by atoms with Gasteiger partial charge >= 0.3 is 0 Å². The van der Waals surface area contributed by atoms with E-state index in [1.54, 1.807) is 6.07 Å². The highest BCUT2D eigenvalue weighted by atomic mass is 32.2. The Morgan fingerprint density at radius 1 is 1.39 bits per heavy atom. The Bertz CT molecular complexity index is 791. The zero-order chi connectivity index (χ0) is 17.0. The van der Waals surface area contributed by atoms with Gasteiger partial charge in [-0.15, -0.1) is 0 Å². The van der Waals surface area contributed by atoms with Crippen molar-refractivity contribution in [1.29, 1.82) is 5.26 Å². The van der Waals surface area contributed by atoms with Crippen LogP contribution in [0.4, 0.5) is 5.69 Å². The number of sulfone groups is 1. The number of benzene rings is 1. The number of carbonyl (C=O) groups is 1. The Kier molecular flexibility index (Phi) is 5.06. The van der Waals surface area contributed by atoms with Crippen molar-refractivity contribution in [1.82, 2.24) is 5.32 Å². The zero-order valence-corrected chi connectivity index (χ0v) is 13.9. The molecule has 7 heteroatoms. The van der Waals surface area contributed by atoms with Gasteiger partial charge in [0.1, 0.15) is 11.6 Å². The van der Waals surface area contributed by atoms with Gasteiger partial charge in [-0.3, -0.25) is 4.79 Å². The first-order valence-electron chi connectivity index (χ1n) is 7.26. The van der Waals surface area contributed by atoms with Gasteiger partial charge in [-0.25, -0.2) is 8.42 Å². The normalized spacial score (nSPS) is 19.9. The number of nitrogens with one attached hydrogen (secondary N) is 2. The van der Waals surface area contributed by atoms with Gasteiger partial charge in [-0.2, -0.15) is 5.26 Å². The molecule has 6 nitrogen and oxygen atoms in total. The molecule has 1 aromatic carbocycles. The van der Waals surface area contributed by atoms with E-state index in [4.69, 9.17) is 5.26 Å². The van der Waals surface area contributed by atoms with Crippen molar-refractivity contribution >= 4 is 21.4 Å². The van der Waals surface area contributed by atoms with E-state index in [0.717, 1.165) is 11.1 Å². The van der Waals surface area contributed by atoms with E-state index in [0.29, 0.717) is 12.1 Å². The molecule has 1 aliphatic rings. The van der Waals surface area contributed by atoms with Gasteiger partial charge in [-0.05, 0) is 31.9 Å². The fraction of sp³-hybridized carbons (Fsp3) is 0.375. The molecule has 2 rings (SSSR count). The molecular weight excluding hydrogens is 314 g/mol. The van der Waals surface area contributed by atoms with E-state index in [9.17, 15) is 13.2 Å². The van der Waals surface area contributed by atoms with Crippen molar-refractivity contribution in [2.45, 2.75) is 26.3 Å². The van der Waals surface area contributed by atoms with E-state index in [1.165, 1.54) is 6.20 Å². The van der Waals surface area contributed by atoms with Crippen LogP contribution in [-0.2, 0) is 14.6 Å². The lowest BCUT2D eigenvalue weighted by Gasteiger charge is -2.10. The maximum Gasteiger partial charge on any atom is 0.267 e. The number of hydrogen-bond donors (Lipinski definition) is 2. The highest BCUT2D eigenvalue weighted by Crippen LogP contribution is 2.17. The van der Waals surface area contributed by atoms with Crippen molar-refractivity contribution in [2.75, 3.05) is 16.8 Å². The topological polar surface area (TPSA) is 99.1 Å². The average Bonchev–Trinajstić information content (AvgIpc) is 2.82. The zero-order valence-electron chi connectivity index (χ0n) is 13.1. The molecule has 1 heterocycles. The van der Waals surface area contributed by atoms with Crippen molar-refractivity contribution in [3.63, 3.8) is 0 Å². The smallest absolute Gasteiger partial charge is 0.267 e. The first-order chi connectivity index (χ1) is 10.8. The summed E-state index contributed by atoms with van der Waals surface area (Å²) < 4.78 is 22.8. The summed E-state index contributed by atoms with van der Waals surface area (Å²) in [6, 6.07) is 7.18. The molecule has 1 atom stereocenters. The number of hydrogen-bond acceptors (Lipinski definition) is 5. The van der Waals surface area contributed by atoms with Crippen LogP contribution < -0.4 is 10.6 Å². The first-order valence-corrected chi connectivity index (χ1v) is 9.08. The monoisotopic (exact) mass is 333 g/mol. The highest BCUT2D eigenvalue weighted by molar-refractivity contribution is 7.91. The summed E-state index contributed by atoms with van der Waals surface area (Å²) in [7, 11) is -3.00. The van der Waals surface area contributed by atoms with Crippen LogP contribution in [0.25, 0.3) is 0 Å². The van der Waals surface area contributed by atoms with Gasteiger partial charge < -0.3 is 10.6 Å². The third-order valence-corrected chi connectivity index (χ3v) is 5.46. The van der Waals surface area contributed by atoms with Crippen LogP contribution in [-0.4, -0.2) is 31.9 Å². The van der Waals surface area contributed by atoms with Crippen LogP contribution >= 0.6 is 0 Å². The van der Waals surface area contributed by atoms with Gasteiger partial charge in [0.15, 0.2) is 9.84 Å². The van der Waals surface area contributed by atoms with Gasteiger partial charge in [-0.1, -0.05) is 17.7 Å². The fourth-order valence-corrected chi connectivity index (χ4v) is 4.11. The van der Waals surface area contributed by atoms with Crippen LogP contribution in [0.1, 0.15) is 17.5 Å². The average molecular weight is 333 g/mol. The van der Waals surface area contributed by atoms with Crippen LogP contribution in [0.2, 0.25) is 0 Å². The van der Waals surface area contributed by atoms with Crippen molar-refractivity contribution in [3.05, 3.63) is 41.1 Å². The van der Waals surface area contributed by atoms with Crippen LogP contribution in [0.5, 0.6) is 0 Å². The summed E-state index contributed by atoms with van der Waals surface area (Å²) in [4.78, 5) is 12.2. The molecule has 0 bridgehead atoms. The van der Waals surface area contributed by atoms with Crippen molar-refractivity contribution in [3.8, 4) is 6.07 Å². The Hall–Kier alpha value is -2.33. The maximum atomic E-state index is 12.2. The minimum absolute atomic E-state index is 0.0287. The minimum Gasteiger partial charge on any atom is -0.386 e. The molecule has 1 unspecified atom stereocenters. The van der Waals surface area contributed by atoms with Gasteiger partial charge in [0, 0.05) is 17.9 Å². The number of nitriles is 1. The second-order valence-corrected chi connectivity index (χ2v) is 7.94. The molecule has 0 saturated carbocycles. The lowest BCUT2D eigenvalue weighted by atomic mass is 10.1. The summed E-state index contributed by atoms with van der Waals surface area (Å²) in [5.74, 6) is -0.358. The number of aryl methyl sites for hydroxylation is 2. The third-order valence-electron chi connectivity index (χ3n) is 3.69. The van der Waals surface area contributed by atoms with Crippen LogP contribution in [0, 0.1) is 25.2 Å². The molecule has 122 valence electrons. The Morgan fingerprint density at radius 2 is 2.13 bits per heavy atom. The number of nitrogens with zero attached hydrogens (tertiary/aromatic N) is 1. The number of amides is 1. The second kappa shape index (κ2) is 6.84. The summed E-state index contributed by atoms with van der Waals surface area (Å²) in [6.45, 7) is 3.83. The summed E-state index contributed by atoms with van der Waals surface area (Å²) in [5.41, 5.74) is 2.55. The molecule has 1 amide bonds. The molecule has 2 N–H and O–H groups in total. The molecule has 1 fully saturated rings. The minimum atomic E-state index is -3.00. The lowest BCUT2D eigenvalue weighted by molar-refractivity contribution is -0.112. The van der Waals surface area contributed by atoms with E-state index in [1.807, 2.05) is 32.0 Å².